The van der Waals surface area contributed by atoms with E-state index in [9.17, 15) is 0 Å². The van der Waals surface area contributed by atoms with Gasteiger partial charge >= 0.3 is 67.0 Å². The van der Waals surface area contributed by atoms with E-state index in [-0.39, 0.29) is 0 Å². The third-order valence-electron chi connectivity index (χ3n) is 2.75. The van der Waals surface area contributed by atoms with Crippen LogP contribution in [0.2, 0.25) is 57.7 Å². The van der Waals surface area contributed by atoms with Gasteiger partial charge in [-0.2, -0.15) is 0 Å². The molecule has 0 unspecified atom stereocenters. The summed E-state index contributed by atoms with van der Waals surface area (Å²) < 4.78 is 9.11. The minimum absolute atomic E-state index is 0.542. The van der Waals surface area contributed by atoms with Gasteiger partial charge in [-0.15, -0.1) is 0 Å². The average Bonchev–Trinajstić information content (AvgIpc) is 2.36. The van der Waals surface area contributed by atoms with E-state index < -0.39 is 35.8 Å². The number of hydrogen-bond donors (Lipinski definition) is 0. The first-order valence-corrected chi connectivity index (χ1v) is 21.9. The molecule has 0 aliphatic carbocycles. The third kappa shape index (κ3) is 45.2. The van der Waals surface area contributed by atoms with Crippen LogP contribution in [0.3, 0.4) is 0 Å². The normalized spacial score (nSPS) is 10.7. The number of rotatable bonds is 10. The minimum Gasteiger partial charge on any atom is -0.672 e. The molecular weight excluding hydrogens is 360 g/mol. The maximum Gasteiger partial charge on any atom is -0.0820 e. The largest absolute Gasteiger partial charge is 0.672 e. The first-order valence-electron chi connectivity index (χ1n) is 9.77. The van der Waals surface area contributed by atoms with Crippen LogP contribution in [0.25, 0.3) is 9.30 Å². The van der Waals surface area contributed by atoms with Crippen molar-refractivity contribution in [3.8, 4) is 0 Å². The van der Waals surface area contributed by atoms with E-state index in [1.54, 1.807) is 0 Å². The van der Waals surface area contributed by atoms with Crippen LogP contribution < -0.4 is 0 Å². The molecule has 0 aliphatic heterocycles. The van der Waals surface area contributed by atoms with Gasteiger partial charge in [-0.25, -0.2) is 0 Å². The molecule has 138 valence electrons. The summed E-state index contributed by atoms with van der Waals surface area (Å²) in [6, 6.07) is 0. The van der Waals surface area contributed by atoms with Gasteiger partial charge in [-0.3, -0.25) is 0 Å². The number of unbranched alkanes of at least 4 members (excludes halogenated alkanes) is 5. The van der Waals surface area contributed by atoms with E-state index in [0.29, 0.717) is 0 Å². The topological polar surface area (TPSA) is 28.2 Å². The predicted molar refractivity (Wildman–Crippen MR) is 126 cm³/mol. The Hall–Kier alpha value is 1.32. The van der Waals surface area contributed by atoms with Crippen LogP contribution in [0.1, 0.15) is 45.4 Å². The zero-order chi connectivity index (χ0) is 18.7. The summed E-state index contributed by atoms with van der Waals surface area (Å²) in [5.74, 6) is 0. The van der Waals surface area contributed by atoms with Crippen LogP contribution in [0.4, 0.5) is 0 Å². The monoisotopic (exact) mass is 404 g/mol. The van der Waals surface area contributed by atoms with E-state index in [0.717, 1.165) is 0 Å². The zero-order valence-electron chi connectivity index (χ0n) is 17.7. The SMILES string of the molecule is CCCCCCC[CH2][Al+2].C[SiH](C)[N-][SiH](C)C.C[SiH](C)[N-][SiH](C)C. The Morgan fingerprint density at radius 1 is 0.565 bits per heavy atom. The summed E-state index contributed by atoms with van der Waals surface area (Å²) in [6.45, 7) is 20.4. The fourth-order valence-corrected chi connectivity index (χ4v) is 11.9. The second-order valence-corrected chi connectivity index (χ2v) is 18.9. The van der Waals surface area contributed by atoms with Gasteiger partial charge in [0.2, 0.25) is 0 Å². The van der Waals surface area contributed by atoms with Gasteiger partial charge in [0.1, 0.15) is 0 Å². The molecule has 23 heavy (non-hydrogen) atoms. The van der Waals surface area contributed by atoms with Crippen LogP contribution in [-0.4, -0.2) is 52.1 Å². The van der Waals surface area contributed by atoms with Gasteiger partial charge in [-0.05, 0) is 0 Å². The fourth-order valence-electron chi connectivity index (χ4n) is 2.12. The molecule has 0 atom stereocenters. The molecular formula is C16H45AlN2Si4. The molecule has 0 heterocycles. The van der Waals surface area contributed by atoms with E-state index in [1.807, 2.05) is 0 Å². The molecule has 0 rings (SSSR count). The summed E-state index contributed by atoms with van der Waals surface area (Å²) in [4.78, 5) is 0. The molecule has 0 aromatic heterocycles. The van der Waals surface area contributed by atoms with Crippen LogP contribution in [0, 0.1) is 0 Å². The Morgan fingerprint density at radius 3 is 1.09 bits per heavy atom. The van der Waals surface area contributed by atoms with Gasteiger partial charge in [0.15, 0.2) is 0 Å². The van der Waals surface area contributed by atoms with Crippen molar-refractivity contribution in [2.24, 2.45) is 0 Å². The molecule has 0 saturated heterocycles. The summed E-state index contributed by atoms with van der Waals surface area (Å²) in [5.41, 5.74) is 0. The Bertz CT molecular complexity index is 175. The van der Waals surface area contributed by atoms with Gasteiger partial charge in [0.05, 0.1) is 0 Å². The van der Waals surface area contributed by atoms with Crippen molar-refractivity contribution < 1.29 is 0 Å². The van der Waals surface area contributed by atoms with Crippen molar-refractivity contribution in [3.63, 3.8) is 0 Å². The molecule has 0 aromatic carbocycles. The van der Waals surface area contributed by atoms with Gasteiger partial charge in [-0.1, -0.05) is 88.2 Å². The maximum absolute atomic E-state index is 4.56. The molecule has 2 nitrogen and oxygen atoms in total. The fraction of sp³-hybridized carbons (Fsp3) is 1.00. The van der Waals surface area contributed by atoms with Crippen LogP contribution in [-0.2, 0) is 0 Å². The van der Waals surface area contributed by atoms with Crippen molar-refractivity contribution in [3.05, 3.63) is 9.30 Å². The first-order chi connectivity index (χ1) is 10.7. The zero-order valence-corrected chi connectivity index (χ0v) is 23.5. The molecule has 0 amide bonds. The maximum atomic E-state index is 4.56. The molecule has 0 bridgehead atoms. The smallest absolute Gasteiger partial charge is 0.0820 e. The van der Waals surface area contributed by atoms with Crippen LogP contribution >= 0.6 is 0 Å². The quantitative estimate of drug-likeness (QED) is 0.335. The molecule has 0 aliphatic rings. The third-order valence-corrected chi connectivity index (χ3v) is 12.7. The Balaban J connectivity index is -0.000000264. The Morgan fingerprint density at radius 2 is 0.870 bits per heavy atom. The van der Waals surface area contributed by atoms with Gasteiger partial charge in [0, 0.05) is 0 Å². The Labute approximate surface area is 164 Å². The number of hydrogen-bond acceptors (Lipinski definition) is 0. The summed E-state index contributed by atoms with van der Waals surface area (Å²) in [6.07, 6.45) is 8.51. The van der Waals surface area contributed by atoms with E-state index in [1.165, 1.54) is 43.8 Å². The summed E-state index contributed by atoms with van der Waals surface area (Å²) in [7, 11) is -2.17. The van der Waals surface area contributed by atoms with Crippen molar-refractivity contribution in [2.45, 2.75) is 103 Å². The molecule has 7 heteroatoms. The molecule has 0 fully saturated rings. The van der Waals surface area contributed by atoms with Crippen molar-refractivity contribution in [2.75, 3.05) is 0 Å². The van der Waals surface area contributed by atoms with Crippen LogP contribution in [0.15, 0.2) is 0 Å². The standard InChI is InChI=1S/C8H17.2C4H14NSi2.Al/c1-3-5-7-8-6-4-2;2*1-6(2)5-7(3)4;/h1,3-8H2,2H3;2*6-7H,1-4H3;/q;2*-1;+2. The Kier molecular flexibility index (Phi) is 29.5. The van der Waals surface area contributed by atoms with Crippen molar-refractivity contribution in [1.82, 2.24) is 0 Å². The molecule has 0 aromatic rings. The molecule has 0 spiro atoms. The first kappa shape index (κ1) is 29.1. The van der Waals surface area contributed by atoms with E-state index in [2.05, 4.69) is 84.9 Å². The predicted octanol–water partition coefficient (Wildman–Crippen LogP) is 5.59. The minimum atomic E-state index is -0.542. The van der Waals surface area contributed by atoms with Gasteiger partial charge < -0.3 is 9.30 Å². The van der Waals surface area contributed by atoms with Crippen LogP contribution in [0.5, 0.6) is 0 Å². The average molecular weight is 405 g/mol. The molecule has 0 radical (unpaired) electrons. The van der Waals surface area contributed by atoms with E-state index in [4.69, 9.17) is 0 Å². The second-order valence-electron chi connectivity index (χ2n) is 7.23. The number of nitrogens with zero attached hydrogens (tertiary/aromatic N) is 2. The summed E-state index contributed by atoms with van der Waals surface area (Å²) >= 11 is 2.78. The summed E-state index contributed by atoms with van der Waals surface area (Å²) in [5, 5.41) is 1.28. The van der Waals surface area contributed by atoms with Crippen molar-refractivity contribution >= 4 is 52.1 Å². The second kappa shape index (κ2) is 23.3. The molecule has 0 saturated carbocycles. The van der Waals surface area contributed by atoms with Gasteiger partial charge in [0.25, 0.3) is 0 Å². The van der Waals surface area contributed by atoms with E-state index >= 15 is 0 Å². The molecule has 0 N–H and O–H groups in total. The van der Waals surface area contributed by atoms with Crippen molar-refractivity contribution in [1.29, 1.82) is 0 Å².